The highest BCUT2D eigenvalue weighted by Gasteiger charge is 2.27. The molecule has 3 aromatic rings. The number of hydrogen-bond acceptors (Lipinski definition) is 6. The van der Waals surface area contributed by atoms with Gasteiger partial charge in [0, 0.05) is 32.3 Å². The quantitative estimate of drug-likeness (QED) is 0.358. The number of benzene rings is 2. The van der Waals surface area contributed by atoms with E-state index in [1.807, 2.05) is 58.0 Å². The minimum atomic E-state index is -0.805. The molecule has 1 aliphatic heterocycles. The minimum absolute atomic E-state index is 0.0501. The van der Waals surface area contributed by atoms with Gasteiger partial charge >= 0.3 is 0 Å². The molecule has 0 aliphatic carbocycles. The highest BCUT2D eigenvalue weighted by atomic mass is 19.1. The van der Waals surface area contributed by atoms with Crippen LogP contribution in [0.3, 0.4) is 0 Å². The van der Waals surface area contributed by atoms with E-state index in [1.54, 1.807) is 4.68 Å². The number of para-hydroxylation sites is 1. The number of nitrogens with zero attached hydrogens (tertiary/aromatic N) is 3. The molecule has 1 saturated heterocycles. The monoisotopic (exact) mass is 529 g/mol. The van der Waals surface area contributed by atoms with Crippen LogP contribution in [0.5, 0.6) is 11.6 Å². The van der Waals surface area contributed by atoms with Crippen LogP contribution < -0.4 is 4.74 Å². The largest absolute Gasteiger partial charge is 0.435 e. The van der Waals surface area contributed by atoms with E-state index in [0.29, 0.717) is 31.2 Å². The zero-order chi connectivity index (χ0) is 27.3. The Morgan fingerprint density at radius 2 is 1.95 bits per heavy atom. The molecule has 0 bridgehead atoms. The van der Waals surface area contributed by atoms with Gasteiger partial charge < -0.3 is 19.3 Å². The Bertz CT molecular complexity index is 1190. The number of aryl methyl sites for hydroxylation is 1. The van der Waals surface area contributed by atoms with Gasteiger partial charge in [0.25, 0.3) is 0 Å². The summed E-state index contributed by atoms with van der Waals surface area (Å²) in [6.45, 7) is 9.95. The first kappa shape index (κ1) is 28.2. The SMILES string of the molecule is Cc1nn(-c2ccccc2)c(Oc2ccc(F)cc2F)c1CN(C[C@@H](O)COC(C)(C)C)C[C@@H]1CCCO1. The molecule has 206 valence electrons. The van der Waals surface area contributed by atoms with E-state index in [-0.39, 0.29) is 24.1 Å². The van der Waals surface area contributed by atoms with Gasteiger partial charge in [0.15, 0.2) is 11.6 Å². The van der Waals surface area contributed by atoms with Crippen LogP contribution in [0.1, 0.15) is 44.9 Å². The smallest absolute Gasteiger partial charge is 0.227 e. The Morgan fingerprint density at radius 3 is 2.61 bits per heavy atom. The standard InChI is InChI=1S/C29H37F2N3O4/c1-20-25(18-33(17-24-11-8-14-36-24)16-23(35)19-37-29(2,3)4)28(34(32-20)22-9-6-5-7-10-22)38-27-13-12-21(30)15-26(27)31/h5-7,9-10,12-13,15,23-24,35H,8,11,14,16-19H2,1-4H3/t23-,24+/m1/s1. The van der Waals surface area contributed by atoms with Gasteiger partial charge in [-0.2, -0.15) is 5.10 Å². The Morgan fingerprint density at radius 1 is 1.18 bits per heavy atom. The van der Waals surface area contributed by atoms with Crippen molar-refractivity contribution in [1.29, 1.82) is 0 Å². The molecule has 2 atom stereocenters. The van der Waals surface area contributed by atoms with E-state index < -0.39 is 17.7 Å². The van der Waals surface area contributed by atoms with Gasteiger partial charge in [-0.3, -0.25) is 4.90 Å². The second-order valence-corrected chi connectivity index (χ2v) is 10.7. The van der Waals surface area contributed by atoms with Gasteiger partial charge in [0.05, 0.1) is 41.4 Å². The van der Waals surface area contributed by atoms with Crippen molar-refractivity contribution in [3.63, 3.8) is 0 Å². The maximum atomic E-state index is 14.6. The van der Waals surface area contributed by atoms with Crippen LogP contribution in [-0.4, -0.2) is 63.9 Å². The fourth-order valence-corrected chi connectivity index (χ4v) is 4.43. The molecule has 0 spiro atoms. The Labute approximate surface area is 222 Å². The number of hydrogen-bond donors (Lipinski definition) is 1. The third-order valence-corrected chi connectivity index (χ3v) is 6.28. The van der Waals surface area contributed by atoms with Gasteiger partial charge in [-0.25, -0.2) is 13.5 Å². The first-order valence-electron chi connectivity index (χ1n) is 13.0. The van der Waals surface area contributed by atoms with Crippen LogP contribution in [-0.2, 0) is 16.0 Å². The Balaban J connectivity index is 1.66. The second kappa shape index (κ2) is 12.3. The lowest BCUT2D eigenvalue weighted by molar-refractivity contribution is -0.0594. The topological polar surface area (TPSA) is 69.0 Å². The zero-order valence-corrected chi connectivity index (χ0v) is 22.5. The van der Waals surface area contributed by atoms with Gasteiger partial charge in [-0.1, -0.05) is 18.2 Å². The number of aliphatic hydroxyl groups excluding tert-OH is 1. The molecule has 9 heteroatoms. The molecule has 0 saturated carbocycles. The van der Waals surface area contributed by atoms with Crippen LogP contribution in [0.25, 0.3) is 5.69 Å². The molecular weight excluding hydrogens is 492 g/mol. The summed E-state index contributed by atoms with van der Waals surface area (Å²) in [4.78, 5) is 2.10. The number of rotatable bonds is 11. The van der Waals surface area contributed by atoms with Crippen LogP contribution in [0.4, 0.5) is 8.78 Å². The predicted octanol–water partition coefficient (Wildman–Crippen LogP) is 5.41. The molecule has 1 fully saturated rings. The van der Waals surface area contributed by atoms with Gasteiger partial charge in [-0.15, -0.1) is 0 Å². The fraction of sp³-hybridized carbons (Fsp3) is 0.483. The van der Waals surface area contributed by atoms with Crippen molar-refractivity contribution in [3.8, 4) is 17.3 Å². The van der Waals surface area contributed by atoms with Gasteiger partial charge in [0.2, 0.25) is 5.88 Å². The molecular formula is C29H37F2N3O4. The summed E-state index contributed by atoms with van der Waals surface area (Å²) in [5.41, 5.74) is 1.81. The van der Waals surface area contributed by atoms with Crippen molar-refractivity contribution in [2.45, 2.75) is 64.9 Å². The molecule has 2 heterocycles. The van der Waals surface area contributed by atoms with Gasteiger partial charge in [-0.05, 0) is 64.8 Å². The van der Waals surface area contributed by atoms with Crippen molar-refractivity contribution in [2.75, 3.05) is 26.3 Å². The molecule has 7 nitrogen and oxygen atoms in total. The number of ether oxygens (including phenoxy) is 3. The van der Waals surface area contributed by atoms with Crippen LogP contribution >= 0.6 is 0 Å². The van der Waals surface area contributed by atoms with Crippen molar-refractivity contribution in [3.05, 3.63) is 71.4 Å². The van der Waals surface area contributed by atoms with E-state index in [9.17, 15) is 13.9 Å². The zero-order valence-electron chi connectivity index (χ0n) is 22.5. The van der Waals surface area contributed by atoms with E-state index >= 15 is 0 Å². The van der Waals surface area contributed by atoms with E-state index in [1.165, 1.54) is 6.07 Å². The molecule has 0 unspecified atom stereocenters. The molecule has 2 aromatic carbocycles. The summed E-state index contributed by atoms with van der Waals surface area (Å²) in [7, 11) is 0. The lowest BCUT2D eigenvalue weighted by Crippen LogP contribution is -2.40. The average molecular weight is 530 g/mol. The van der Waals surface area contributed by atoms with Crippen molar-refractivity contribution in [2.24, 2.45) is 0 Å². The first-order valence-corrected chi connectivity index (χ1v) is 13.0. The van der Waals surface area contributed by atoms with Crippen molar-refractivity contribution < 1.29 is 28.1 Å². The molecule has 0 amide bonds. The maximum absolute atomic E-state index is 14.6. The van der Waals surface area contributed by atoms with Crippen molar-refractivity contribution >= 4 is 0 Å². The van der Waals surface area contributed by atoms with Crippen molar-refractivity contribution in [1.82, 2.24) is 14.7 Å². The molecule has 38 heavy (non-hydrogen) atoms. The molecule has 0 radical (unpaired) electrons. The summed E-state index contributed by atoms with van der Waals surface area (Å²) in [5.74, 6) is -1.26. The number of aliphatic hydroxyl groups is 1. The van der Waals surface area contributed by atoms with E-state index in [4.69, 9.17) is 19.3 Å². The Kier molecular flexibility index (Phi) is 9.15. The summed E-state index contributed by atoms with van der Waals surface area (Å²) < 4.78 is 47.6. The fourth-order valence-electron chi connectivity index (χ4n) is 4.43. The second-order valence-electron chi connectivity index (χ2n) is 10.7. The normalized spacial score (nSPS) is 16.8. The lowest BCUT2D eigenvalue weighted by atomic mass is 10.1. The highest BCUT2D eigenvalue weighted by Crippen LogP contribution is 2.33. The first-order chi connectivity index (χ1) is 18.1. The number of aromatic nitrogens is 2. The van der Waals surface area contributed by atoms with Gasteiger partial charge in [0.1, 0.15) is 5.82 Å². The van der Waals surface area contributed by atoms with E-state index in [0.717, 1.165) is 42.8 Å². The summed E-state index contributed by atoms with van der Waals surface area (Å²) in [5, 5.41) is 15.5. The summed E-state index contributed by atoms with van der Waals surface area (Å²) in [6.07, 6.45) is 1.27. The predicted molar refractivity (Wildman–Crippen MR) is 141 cm³/mol. The van der Waals surface area contributed by atoms with Crippen LogP contribution in [0.2, 0.25) is 0 Å². The lowest BCUT2D eigenvalue weighted by Gasteiger charge is -2.29. The maximum Gasteiger partial charge on any atom is 0.227 e. The van der Waals surface area contributed by atoms with E-state index in [2.05, 4.69) is 4.90 Å². The summed E-state index contributed by atoms with van der Waals surface area (Å²) in [6, 6.07) is 12.6. The highest BCUT2D eigenvalue weighted by molar-refractivity contribution is 5.43. The third-order valence-electron chi connectivity index (χ3n) is 6.28. The molecule has 1 N–H and O–H groups in total. The minimum Gasteiger partial charge on any atom is -0.435 e. The Hall–Kier alpha value is -2.85. The average Bonchev–Trinajstić information content (AvgIpc) is 3.48. The molecule has 4 rings (SSSR count). The van der Waals surface area contributed by atoms with Crippen LogP contribution in [0, 0.1) is 18.6 Å². The molecule has 1 aliphatic rings. The third kappa shape index (κ3) is 7.60. The molecule has 1 aromatic heterocycles. The number of halogens is 2. The summed E-state index contributed by atoms with van der Waals surface area (Å²) >= 11 is 0. The van der Waals surface area contributed by atoms with Crippen LogP contribution in [0.15, 0.2) is 48.5 Å².